The number of ether oxygens (including phenoxy) is 1. The van der Waals surface area contributed by atoms with Gasteiger partial charge in [-0.15, -0.1) is 0 Å². The van der Waals surface area contributed by atoms with Gasteiger partial charge in [-0.1, -0.05) is 23.8 Å². The van der Waals surface area contributed by atoms with E-state index >= 15 is 0 Å². The van der Waals surface area contributed by atoms with E-state index < -0.39 is 0 Å². The molecule has 0 fully saturated rings. The van der Waals surface area contributed by atoms with Gasteiger partial charge in [0.15, 0.2) is 0 Å². The Balaban J connectivity index is 0.000000774. The maximum Gasteiger partial charge on any atom is 0.124 e. The predicted octanol–water partition coefficient (Wildman–Crippen LogP) is 3.66. The standard InChI is InChI=1S/C17H19NO.CH5N/c1-13-5-8-15(9-6-13)18(2)16-10-7-14-4-3-11-19-17(14)12-16;1-2/h5-10,12H,3-4,11H2,1-2H3;2H2,1H3. The summed E-state index contributed by atoms with van der Waals surface area (Å²) in [6, 6.07) is 15.1. The van der Waals surface area contributed by atoms with Gasteiger partial charge in [0.2, 0.25) is 0 Å². The molecule has 3 heteroatoms. The topological polar surface area (TPSA) is 38.5 Å². The highest BCUT2D eigenvalue weighted by Crippen LogP contribution is 2.32. The normalized spacial score (nSPS) is 12.6. The fourth-order valence-corrected chi connectivity index (χ4v) is 2.45. The Morgan fingerprint density at radius 2 is 1.67 bits per heavy atom. The number of fused-ring (bicyclic) bond motifs is 1. The molecule has 1 heterocycles. The quantitative estimate of drug-likeness (QED) is 0.914. The van der Waals surface area contributed by atoms with Gasteiger partial charge < -0.3 is 15.4 Å². The first-order chi connectivity index (χ1) is 10.2. The van der Waals surface area contributed by atoms with Crippen molar-refractivity contribution in [2.24, 2.45) is 5.73 Å². The first-order valence-corrected chi connectivity index (χ1v) is 7.38. The predicted molar refractivity (Wildman–Crippen MR) is 89.6 cm³/mol. The van der Waals surface area contributed by atoms with Crippen molar-refractivity contribution in [3.05, 3.63) is 53.6 Å². The highest BCUT2D eigenvalue weighted by Gasteiger charge is 2.12. The van der Waals surface area contributed by atoms with E-state index in [0.29, 0.717) is 0 Å². The molecule has 21 heavy (non-hydrogen) atoms. The van der Waals surface area contributed by atoms with Gasteiger partial charge in [0.05, 0.1) is 6.61 Å². The van der Waals surface area contributed by atoms with E-state index in [0.717, 1.165) is 25.2 Å². The van der Waals surface area contributed by atoms with Gasteiger partial charge in [0, 0.05) is 24.5 Å². The minimum atomic E-state index is 0.838. The third kappa shape index (κ3) is 3.56. The number of rotatable bonds is 2. The molecule has 0 aromatic heterocycles. The van der Waals surface area contributed by atoms with Crippen LogP contribution in [0.5, 0.6) is 5.75 Å². The second kappa shape index (κ2) is 7.14. The fraction of sp³-hybridized carbons (Fsp3) is 0.333. The molecule has 2 aromatic carbocycles. The maximum atomic E-state index is 5.74. The van der Waals surface area contributed by atoms with E-state index in [1.165, 1.54) is 29.5 Å². The number of nitrogens with two attached hydrogens (primary N) is 1. The lowest BCUT2D eigenvalue weighted by Crippen LogP contribution is -2.12. The molecule has 0 unspecified atom stereocenters. The van der Waals surface area contributed by atoms with Crippen molar-refractivity contribution in [3.8, 4) is 5.75 Å². The van der Waals surface area contributed by atoms with Crippen molar-refractivity contribution >= 4 is 11.4 Å². The van der Waals surface area contributed by atoms with Crippen LogP contribution < -0.4 is 15.4 Å². The van der Waals surface area contributed by atoms with Gasteiger partial charge in [0.25, 0.3) is 0 Å². The molecule has 112 valence electrons. The summed E-state index contributed by atoms with van der Waals surface area (Å²) in [4.78, 5) is 2.19. The molecule has 1 aliphatic rings. The summed E-state index contributed by atoms with van der Waals surface area (Å²) in [6.45, 7) is 2.95. The molecule has 2 N–H and O–H groups in total. The Morgan fingerprint density at radius 1 is 1.00 bits per heavy atom. The Labute approximate surface area is 127 Å². The lowest BCUT2D eigenvalue weighted by molar-refractivity contribution is 0.288. The molecule has 0 saturated heterocycles. The number of hydrogen-bond acceptors (Lipinski definition) is 3. The number of hydrogen-bond donors (Lipinski definition) is 1. The van der Waals surface area contributed by atoms with Crippen LogP contribution in [-0.4, -0.2) is 20.7 Å². The Kier molecular flexibility index (Phi) is 5.23. The van der Waals surface area contributed by atoms with Gasteiger partial charge in [0.1, 0.15) is 5.75 Å². The van der Waals surface area contributed by atoms with Crippen LogP contribution >= 0.6 is 0 Å². The van der Waals surface area contributed by atoms with Crippen LogP contribution in [0.25, 0.3) is 0 Å². The van der Waals surface area contributed by atoms with Gasteiger partial charge in [-0.05, 0) is 50.6 Å². The zero-order chi connectivity index (χ0) is 15.2. The van der Waals surface area contributed by atoms with E-state index in [1.54, 1.807) is 0 Å². The lowest BCUT2D eigenvalue weighted by Gasteiger charge is -2.23. The monoisotopic (exact) mass is 284 g/mol. The van der Waals surface area contributed by atoms with Crippen molar-refractivity contribution in [1.82, 2.24) is 0 Å². The summed E-state index contributed by atoms with van der Waals surface area (Å²) < 4.78 is 5.74. The van der Waals surface area contributed by atoms with Crippen molar-refractivity contribution in [3.63, 3.8) is 0 Å². The fourth-order valence-electron chi connectivity index (χ4n) is 2.45. The number of aryl methyl sites for hydroxylation is 2. The van der Waals surface area contributed by atoms with Gasteiger partial charge in [-0.3, -0.25) is 0 Å². The average Bonchev–Trinajstić information content (AvgIpc) is 2.56. The average molecular weight is 284 g/mol. The van der Waals surface area contributed by atoms with Crippen molar-refractivity contribution < 1.29 is 4.74 Å². The third-order valence-corrected chi connectivity index (χ3v) is 3.71. The van der Waals surface area contributed by atoms with Crippen molar-refractivity contribution in [2.75, 3.05) is 25.6 Å². The largest absolute Gasteiger partial charge is 0.493 e. The highest BCUT2D eigenvalue weighted by molar-refractivity contribution is 5.65. The van der Waals surface area contributed by atoms with Gasteiger partial charge >= 0.3 is 0 Å². The molecular weight excluding hydrogens is 260 g/mol. The molecule has 0 aliphatic carbocycles. The second-order valence-electron chi connectivity index (χ2n) is 5.14. The summed E-state index contributed by atoms with van der Waals surface area (Å²) in [5, 5.41) is 0. The summed E-state index contributed by atoms with van der Waals surface area (Å²) in [6.07, 6.45) is 2.25. The van der Waals surface area contributed by atoms with Crippen molar-refractivity contribution in [1.29, 1.82) is 0 Å². The molecular formula is C18H24N2O. The molecule has 0 spiro atoms. The Morgan fingerprint density at radius 3 is 2.38 bits per heavy atom. The summed E-state index contributed by atoms with van der Waals surface area (Å²) >= 11 is 0. The van der Waals surface area contributed by atoms with Crippen LogP contribution in [0.4, 0.5) is 11.4 Å². The molecule has 0 radical (unpaired) electrons. The smallest absolute Gasteiger partial charge is 0.124 e. The first-order valence-electron chi connectivity index (χ1n) is 7.38. The van der Waals surface area contributed by atoms with E-state index in [-0.39, 0.29) is 0 Å². The minimum Gasteiger partial charge on any atom is -0.493 e. The van der Waals surface area contributed by atoms with Gasteiger partial charge in [-0.25, -0.2) is 0 Å². The molecule has 1 aliphatic heterocycles. The highest BCUT2D eigenvalue weighted by atomic mass is 16.5. The minimum absolute atomic E-state index is 0.838. The van der Waals surface area contributed by atoms with E-state index in [1.807, 2.05) is 0 Å². The Bertz CT molecular complexity index is 578. The number of benzene rings is 2. The molecule has 2 aromatic rings. The van der Waals surface area contributed by atoms with Crippen molar-refractivity contribution in [2.45, 2.75) is 19.8 Å². The zero-order valence-corrected chi connectivity index (χ0v) is 13.1. The maximum absolute atomic E-state index is 5.74. The molecule has 3 rings (SSSR count). The van der Waals surface area contributed by atoms with Crippen LogP contribution in [-0.2, 0) is 6.42 Å². The van der Waals surface area contributed by atoms with E-state index in [4.69, 9.17) is 4.74 Å². The molecule has 0 atom stereocenters. The summed E-state index contributed by atoms with van der Waals surface area (Å²) in [5.74, 6) is 1.04. The molecule has 3 nitrogen and oxygen atoms in total. The zero-order valence-electron chi connectivity index (χ0n) is 13.1. The summed E-state index contributed by atoms with van der Waals surface area (Å²) in [5.41, 5.74) is 9.48. The van der Waals surface area contributed by atoms with Crippen LogP contribution in [0.3, 0.4) is 0 Å². The molecule has 0 amide bonds. The van der Waals surface area contributed by atoms with Gasteiger partial charge in [-0.2, -0.15) is 0 Å². The van der Waals surface area contributed by atoms with E-state index in [9.17, 15) is 0 Å². The SMILES string of the molecule is CN.Cc1ccc(N(C)c2ccc3c(c2)OCCC3)cc1. The summed E-state index contributed by atoms with van der Waals surface area (Å²) in [7, 11) is 3.59. The lowest BCUT2D eigenvalue weighted by atomic mass is 10.1. The van der Waals surface area contributed by atoms with Crippen LogP contribution in [0, 0.1) is 6.92 Å². The van der Waals surface area contributed by atoms with Crippen LogP contribution in [0.2, 0.25) is 0 Å². The Hall–Kier alpha value is -2.00. The number of nitrogens with zero attached hydrogens (tertiary/aromatic N) is 1. The van der Waals surface area contributed by atoms with Crippen LogP contribution in [0.1, 0.15) is 17.5 Å². The van der Waals surface area contributed by atoms with E-state index in [2.05, 4.69) is 67.1 Å². The second-order valence-corrected chi connectivity index (χ2v) is 5.14. The first kappa shape index (κ1) is 15.4. The van der Waals surface area contributed by atoms with Crippen LogP contribution in [0.15, 0.2) is 42.5 Å². The molecule has 0 bridgehead atoms. The third-order valence-electron chi connectivity index (χ3n) is 3.71. The molecule has 0 saturated carbocycles. The number of anilines is 2.